The van der Waals surface area contributed by atoms with Crippen molar-refractivity contribution >= 4 is 21.4 Å². The van der Waals surface area contributed by atoms with E-state index in [1.807, 2.05) is 0 Å². The summed E-state index contributed by atoms with van der Waals surface area (Å²) in [6, 6.07) is 6.23. The first-order valence-corrected chi connectivity index (χ1v) is 9.45. The second kappa shape index (κ2) is 5.44. The molecule has 0 saturated carbocycles. The molecule has 126 valence electrons. The first kappa shape index (κ1) is 15.4. The Morgan fingerprint density at radius 1 is 1.25 bits per heavy atom. The van der Waals surface area contributed by atoms with Crippen LogP contribution >= 0.6 is 0 Å². The lowest BCUT2D eigenvalue weighted by atomic mass is 10.2. The van der Waals surface area contributed by atoms with Crippen LogP contribution < -0.4 is 9.21 Å². The number of hydrogen-bond donors (Lipinski definition) is 0. The summed E-state index contributed by atoms with van der Waals surface area (Å²) in [4.78, 5) is 6.41. The first-order chi connectivity index (χ1) is 11.5. The summed E-state index contributed by atoms with van der Waals surface area (Å²) in [7, 11) is -3.75. The smallest absolute Gasteiger partial charge is 0.265 e. The molecule has 4 rings (SSSR count). The molecule has 24 heavy (non-hydrogen) atoms. The molecule has 5 nitrogen and oxygen atoms in total. The number of fused-ring (bicyclic) bond motifs is 1. The average Bonchev–Trinajstić information content (AvgIpc) is 3.10. The van der Waals surface area contributed by atoms with E-state index < -0.39 is 15.8 Å². The summed E-state index contributed by atoms with van der Waals surface area (Å²) in [6.45, 7) is 3.01. The summed E-state index contributed by atoms with van der Waals surface area (Å²) in [5, 5.41) is 0. The number of rotatable bonds is 2. The molecule has 0 aliphatic carbocycles. The molecule has 2 aromatic rings. The molecule has 3 heterocycles. The molecular formula is C17H18FN3O2S. The molecule has 0 radical (unpaired) electrons. The molecule has 0 bridgehead atoms. The molecule has 2 aliphatic heterocycles. The van der Waals surface area contributed by atoms with E-state index in [0.29, 0.717) is 11.7 Å². The lowest BCUT2D eigenvalue weighted by molar-refractivity contribution is 0.595. The highest BCUT2D eigenvalue weighted by atomic mass is 32.2. The standard InChI is InChI=1S/C17H18FN3O2S/c1-12-4-3-9-20(12)16-10-19-8-7-15(16)21-11-13-14(18)5-2-6-17(13)24(21,22)23/h2,5-8,10,12H,3-4,9,11H2,1H3/t12-/m0/s1. The Morgan fingerprint density at radius 3 is 2.79 bits per heavy atom. The minimum atomic E-state index is -3.75. The third-order valence-electron chi connectivity index (χ3n) is 4.85. The van der Waals surface area contributed by atoms with Crippen molar-refractivity contribution in [2.24, 2.45) is 0 Å². The summed E-state index contributed by atoms with van der Waals surface area (Å²) in [5.41, 5.74) is 1.59. The van der Waals surface area contributed by atoms with Crippen molar-refractivity contribution < 1.29 is 12.8 Å². The highest BCUT2D eigenvalue weighted by Gasteiger charge is 2.38. The first-order valence-electron chi connectivity index (χ1n) is 8.01. The van der Waals surface area contributed by atoms with Crippen molar-refractivity contribution in [1.29, 1.82) is 0 Å². The maximum Gasteiger partial charge on any atom is 0.265 e. The summed E-state index contributed by atoms with van der Waals surface area (Å²) in [6.07, 6.45) is 5.41. The topological polar surface area (TPSA) is 53.5 Å². The monoisotopic (exact) mass is 347 g/mol. The van der Waals surface area contributed by atoms with Crippen LogP contribution in [0.15, 0.2) is 41.6 Å². The quantitative estimate of drug-likeness (QED) is 0.838. The fourth-order valence-electron chi connectivity index (χ4n) is 3.60. The van der Waals surface area contributed by atoms with Crippen LogP contribution in [0.25, 0.3) is 0 Å². The van der Waals surface area contributed by atoms with Crippen LogP contribution in [0.3, 0.4) is 0 Å². The highest BCUT2D eigenvalue weighted by Crippen LogP contribution is 2.41. The third-order valence-corrected chi connectivity index (χ3v) is 6.70. The number of halogens is 1. The molecule has 1 aromatic carbocycles. The van der Waals surface area contributed by atoms with Crippen LogP contribution in [0, 0.1) is 5.82 Å². The van der Waals surface area contributed by atoms with Gasteiger partial charge in [-0.3, -0.25) is 9.29 Å². The Balaban J connectivity index is 1.83. The largest absolute Gasteiger partial charge is 0.366 e. The maximum absolute atomic E-state index is 14.1. The summed E-state index contributed by atoms with van der Waals surface area (Å²) >= 11 is 0. The van der Waals surface area contributed by atoms with Gasteiger partial charge in [-0.05, 0) is 38.0 Å². The second-order valence-corrected chi connectivity index (χ2v) is 8.11. The van der Waals surface area contributed by atoms with Crippen molar-refractivity contribution in [3.63, 3.8) is 0 Å². The van der Waals surface area contributed by atoms with Gasteiger partial charge in [-0.25, -0.2) is 12.8 Å². The molecule has 0 unspecified atom stereocenters. The van der Waals surface area contributed by atoms with Gasteiger partial charge in [0.15, 0.2) is 0 Å². The Labute approximate surface area is 140 Å². The van der Waals surface area contributed by atoms with Gasteiger partial charge in [-0.1, -0.05) is 6.07 Å². The van der Waals surface area contributed by atoms with Gasteiger partial charge in [-0.15, -0.1) is 0 Å². The summed E-state index contributed by atoms with van der Waals surface area (Å²) < 4.78 is 41.2. The number of hydrogen-bond acceptors (Lipinski definition) is 4. The van der Waals surface area contributed by atoms with Gasteiger partial charge in [0, 0.05) is 24.3 Å². The fraction of sp³-hybridized carbons (Fsp3) is 0.353. The highest BCUT2D eigenvalue weighted by molar-refractivity contribution is 7.93. The fourth-order valence-corrected chi connectivity index (χ4v) is 5.27. The Morgan fingerprint density at radius 2 is 2.08 bits per heavy atom. The second-order valence-electron chi connectivity index (χ2n) is 6.28. The number of anilines is 2. The lowest BCUT2D eigenvalue weighted by Crippen LogP contribution is -2.31. The van der Waals surface area contributed by atoms with E-state index in [1.165, 1.54) is 22.5 Å². The Bertz CT molecular complexity index is 900. The van der Waals surface area contributed by atoms with Crippen LogP contribution in [-0.4, -0.2) is 26.0 Å². The van der Waals surface area contributed by atoms with E-state index in [2.05, 4.69) is 16.8 Å². The van der Waals surface area contributed by atoms with Crippen LogP contribution in [0.1, 0.15) is 25.3 Å². The van der Waals surface area contributed by atoms with Crippen molar-refractivity contribution in [2.45, 2.75) is 37.2 Å². The van der Waals surface area contributed by atoms with Gasteiger partial charge in [-0.2, -0.15) is 0 Å². The molecule has 7 heteroatoms. The van der Waals surface area contributed by atoms with E-state index in [0.717, 1.165) is 25.1 Å². The maximum atomic E-state index is 14.1. The minimum absolute atomic E-state index is 0.0174. The van der Waals surface area contributed by atoms with E-state index in [9.17, 15) is 12.8 Å². The van der Waals surface area contributed by atoms with Crippen LogP contribution in [-0.2, 0) is 16.6 Å². The Kier molecular flexibility index (Phi) is 3.49. The Hall–Kier alpha value is -2.15. The van der Waals surface area contributed by atoms with Crippen LogP contribution in [0.4, 0.5) is 15.8 Å². The zero-order valence-electron chi connectivity index (χ0n) is 13.3. The number of nitrogens with zero attached hydrogens (tertiary/aromatic N) is 3. The third kappa shape index (κ3) is 2.18. The van der Waals surface area contributed by atoms with Crippen molar-refractivity contribution in [3.05, 3.63) is 48.0 Å². The van der Waals surface area contributed by atoms with Crippen LogP contribution in [0.5, 0.6) is 0 Å². The minimum Gasteiger partial charge on any atom is -0.366 e. The van der Waals surface area contributed by atoms with Crippen molar-refractivity contribution in [1.82, 2.24) is 4.98 Å². The van der Waals surface area contributed by atoms with Crippen molar-refractivity contribution in [2.75, 3.05) is 15.7 Å². The molecule has 0 amide bonds. The predicted molar refractivity (Wildman–Crippen MR) is 90.0 cm³/mol. The zero-order valence-corrected chi connectivity index (χ0v) is 14.1. The molecule has 2 aliphatic rings. The SMILES string of the molecule is C[C@H]1CCCN1c1cnccc1N1Cc2c(F)cccc2S1(=O)=O. The van der Waals surface area contributed by atoms with Gasteiger partial charge in [0.25, 0.3) is 10.0 Å². The number of pyridine rings is 1. The number of benzene rings is 1. The lowest BCUT2D eigenvalue weighted by Gasteiger charge is -2.29. The molecule has 1 fully saturated rings. The van der Waals surface area contributed by atoms with Gasteiger partial charge < -0.3 is 4.90 Å². The molecular weight excluding hydrogens is 329 g/mol. The van der Waals surface area contributed by atoms with Gasteiger partial charge in [0.05, 0.1) is 29.0 Å². The number of sulfonamides is 1. The molecule has 1 atom stereocenters. The average molecular weight is 347 g/mol. The molecule has 1 saturated heterocycles. The van der Waals surface area contributed by atoms with Gasteiger partial charge in [0.2, 0.25) is 0 Å². The van der Waals surface area contributed by atoms with Crippen LogP contribution in [0.2, 0.25) is 0 Å². The van der Waals surface area contributed by atoms with E-state index in [1.54, 1.807) is 18.5 Å². The summed E-state index contributed by atoms with van der Waals surface area (Å²) in [5.74, 6) is -0.483. The van der Waals surface area contributed by atoms with Gasteiger partial charge in [0.1, 0.15) is 5.82 Å². The van der Waals surface area contributed by atoms with Gasteiger partial charge >= 0.3 is 0 Å². The molecule has 0 N–H and O–H groups in total. The van der Waals surface area contributed by atoms with E-state index >= 15 is 0 Å². The van der Waals surface area contributed by atoms with E-state index in [4.69, 9.17) is 0 Å². The normalized spacial score (nSPS) is 22.0. The zero-order chi connectivity index (χ0) is 16.9. The van der Waals surface area contributed by atoms with Crippen molar-refractivity contribution in [3.8, 4) is 0 Å². The van der Waals surface area contributed by atoms with E-state index in [-0.39, 0.29) is 17.0 Å². The molecule has 1 aromatic heterocycles. The predicted octanol–water partition coefficient (Wildman–Crippen LogP) is 2.92. The number of aromatic nitrogens is 1. The molecule has 0 spiro atoms.